The van der Waals surface area contributed by atoms with Crippen LogP contribution in [-0.4, -0.2) is 30.2 Å². The number of halogens is 3. The third-order valence-corrected chi connectivity index (χ3v) is 5.44. The smallest absolute Gasteiger partial charge is 0.337 e. The lowest BCUT2D eigenvalue weighted by atomic mass is 9.93. The number of carbonyl (C=O) groups is 1. The van der Waals surface area contributed by atoms with Crippen LogP contribution in [0.5, 0.6) is 0 Å². The van der Waals surface area contributed by atoms with Crippen LogP contribution in [-0.2, 0) is 11.3 Å². The Morgan fingerprint density at radius 1 is 1.03 bits per heavy atom. The maximum Gasteiger partial charge on any atom is 0.337 e. The number of aliphatic carboxylic acids is 1. The lowest BCUT2D eigenvalue weighted by Gasteiger charge is -2.30. The van der Waals surface area contributed by atoms with Crippen molar-refractivity contribution in [3.8, 4) is 11.1 Å². The Kier molecular flexibility index (Phi) is 5.68. The molecule has 1 aliphatic heterocycles. The molecule has 0 aliphatic carbocycles. The van der Waals surface area contributed by atoms with Crippen molar-refractivity contribution < 1.29 is 23.1 Å². The van der Waals surface area contributed by atoms with Crippen molar-refractivity contribution in [2.24, 2.45) is 0 Å². The van der Waals surface area contributed by atoms with Gasteiger partial charge >= 0.3 is 5.97 Å². The van der Waals surface area contributed by atoms with Gasteiger partial charge in [0, 0.05) is 43.2 Å². The van der Waals surface area contributed by atoms with Gasteiger partial charge in [-0.05, 0) is 41.5 Å². The van der Waals surface area contributed by atoms with E-state index in [1.807, 2.05) is 31.1 Å². The highest BCUT2D eigenvalue weighted by atomic mass is 19.1. The van der Waals surface area contributed by atoms with E-state index >= 15 is 4.39 Å². The van der Waals surface area contributed by atoms with Crippen LogP contribution in [0.4, 0.5) is 24.7 Å². The van der Waals surface area contributed by atoms with E-state index in [0.29, 0.717) is 11.1 Å². The molecule has 0 bridgehead atoms. The molecule has 3 aromatic rings. The summed E-state index contributed by atoms with van der Waals surface area (Å²) in [4.78, 5) is 19.0. The van der Waals surface area contributed by atoms with Crippen LogP contribution in [0.15, 0.2) is 67.0 Å². The number of fused-ring (bicyclic) bond motifs is 1. The summed E-state index contributed by atoms with van der Waals surface area (Å²) in [5, 5.41) is 9.49. The Morgan fingerprint density at radius 2 is 1.73 bits per heavy atom. The fourth-order valence-electron chi connectivity index (χ4n) is 3.71. The van der Waals surface area contributed by atoms with Crippen LogP contribution in [0.1, 0.15) is 11.1 Å². The minimum absolute atomic E-state index is 0.143. The first-order valence-corrected chi connectivity index (χ1v) is 9.99. The Hall–Kier alpha value is -4.07. The monoisotopic (exact) mass is 451 g/mol. The van der Waals surface area contributed by atoms with E-state index in [1.165, 1.54) is 17.0 Å². The molecule has 168 valence electrons. The van der Waals surface area contributed by atoms with Gasteiger partial charge < -0.3 is 14.9 Å². The van der Waals surface area contributed by atoms with Crippen molar-refractivity contribution in [2.45, 2.75) is 6.54 Å². The molecule has 0 spiro atoms. The summed E-state index contributed by atoms with van der Waals surface area (Å²) in [5.41, 5.74) is 0.620. The summed E-state index contributed by atoms with van der Waals surface area (Å²) in [6, 6.07) is 10.0. The van der Waals surface area contributed by atoms with Gasteiger partial charge in [-0.15, -0.1) is 0 Å². The Morgan fingerprint density at radius 3 is 2.33 bits per heavy atom. The minimum Gasteiger partial charge on any atom is -0.478 e. The number of hydrogen-bond acceptors (Lipinski definition) is 4. The lowest BCUT2D eigenvalue weighted by Crippen LogP contribution is -2.26. The van der Waals surface area contributed by atoms with Crippen molar-refractivity contribution in [1.29, 1.82) is 0 Å². The van der Waals surface area contributed by atoms with E-state index < -0.39 is 23.4 Å². The lowest BCUT2D eigenvalue weighted by molar-refractivity contribution is -0.132. The first-order chi connectivity index (χ1) is 15.7. The molecule has 1 N–H and O–H groups in total. The number of carboxylic acids is 1. The second kappa shape index (κ2) is 8.46. The SMILES string of the molecule is C=C1C(C(=O)O)=CN(Cc2ccc(-c3ccc(N(C)C)nc3)cc2F)c2c(F)ccc(F)c21. The van der Waals surface area contributed by atoms with Crippen molar-refractivity contribution in [1.82, 2.24) is 4.98 Å². The van der Waals surface area contributed by atoms with E-state index in [1.54, 1.807) is 12.3 Å². The number of benzene rings is 2. The normalized spacial score (nSPS) is 12.9. The van der Waals surface area contributed by atoms with Crippen LogP contribution in [0.25, 0.3) is 16.7 Å². The van der Waals surface area contributed by atoms with Crippen LogP contribution in [0, 0.1) is 17.5 Å². The third kappa shape index (κ3) is 4.07. The summed E-state index contributed by atoms with van der Waals surface area (Å²) in [7, 11) is 3.73. The average molecular weight is 451 g/mol. The Balaban J connectivity index is 1.70. The number of rotatable bonds is 5. The van der Waals surface area contributed by atoms with Crippen molar-refractivity contribution >= 4 is 23.0 Å². The van der Waals surface area contributed by atoms with Crippen molar-refractivity contribution in [2.75, 3.05) is 23.9 Å². The number of pyridine rings is 1. The van der Waals surface area contributed by atoms with Crippen molar-refractivity contribution in [3.63, 3.8) is 0 Å². The zero-order chi connectivity index (χ0) is 23.9. The number of carboxylic acid groups (broad SMARTS) is 1. The Bertz CT molecular complexity index is 1300. The summed E-state index contributed by atoms with van der Waals surface area (Å²) in [6.45, 7) is 3.41. The van der Waals surface area contributed by atoms with E-state index in [0.717, 1.165) is 24.2 Å². The van der Waals surface area contributed by atoms with Crippen molar-refractivity contribution in [3.05, 3.63) is 95.6 Å². The molecule has 0 saturated carbocycles. The van der Waals surface area contributed by atoms with Gasteiger partial charge in [0.05, 0.1) is 17.8 Å². The van der Waals surface area contributed by atoms with Gasteiger partial charge in [-0.25, -0.2) is 22.9 Å². The molecule has 0 radical (unpaired) electrons. The molecule has 4 rings (SSSR count). The molecular formula is C25H20F3N3O2. The van der Waals surface area contributed by atoms with Crippen LogP contribution in [0.2, 0.25) is 0 Å². The Labute approximate surface area is 188 Å². The minimum atomic E-state index is -1.34. The first kappa shape index (κ1) is 22.1. The molecule has 1 aliphatic rings. The molecule has 0 amide bonds. The maximum absolute atomic E-state index is 15.0. The predicted octanol–water partition coefficient (Wildman–Crippen LogP) is 5.23. The van der Waals surface area contributed by atoms with Gasteiger partial charge in [-0.1, -0.05) is 18.7 Å². The highest BCUT2D eigenvalue weighted by Crippen LogP contribution is 2.40. The standard InChI is InChI=1S/C25H20F3N3O2/c1-14-18(25(32)33)13-31(24-20(27)8-7-19(26)23(14)24)12-17-5-4-15(10-21(17)28)16-6-9-22(29-11-16)30(2)3/h4-11,13H,1,12H2,2-3H3,(H,32,33). The molecule has 33 heavy (non-hydrogen) atoms. The van der Waals surface area contributed by atoms with Crippen LogP contribution < -0.4 is 9.80 Å². The molecule has 0 fully saturated rings. The molecule has 8 heteroatoms. The van der Waals surface area contributed by atoms with Gasteiger partial charge in [0.1, 0.15) is 23.3 Å². The third-order valence-electron chi connectivity index (χ3n) is 5.44. The number of hydrogen-bond donors (Lipinski definition) is 1. The first-order valence-electron chi connectivity index (χ1n) is 9.99. The van der Waals surface area contributed by atoms with E-state index in [9.17, 15) is 18.7 Å². The molecule has 5 nitrogen and oxygen atoms in total. The highest BCUT2D eigenvalue weighted by Gasteiger charge is 2.30. The summed E-state index contributed by atoms with van der Waals surface area (Å²) in [5.74, 6) is -2.73. The summed E-state index contributed by atoms with van der Waals surface area (Å²) < 4.78 is 44.2. The zero-order valence-corrected chi connectivity index (χ0v) is 17.9. The van der Waals surface area contributed by atoms with Crippen LogP contribution >= 0.6 is 0 Å². The largest absolute Gasteiger partial charge is 0.478 e. The molecule has 0 unspecified atom stereocenters. The second-order valence-corrected chi connectivity index (χ2v) is 7.81. The van der Waals surface area contributed by atoms with Gasteiger partial charge in [0.2, 0.25) is 0 Å². The second-order valence-electron chi connectivity index (χ2n) is 7.81. The topological polar surface area (TPSA) is 56.7 Å². The predicted molar refractivity (Wildman–Crippen MR) is 121 cm³/mol. The average Bonchev–Trinajstić information content (AvgIpc) is 2.78. The number of anilines is 2. The van der Waals surface area contributed by atoms with Gasteiger partial charge in [-0.3, -0.25) is 0 Å². The van der Waals surface area contributed by atoms with E-state index in [-0.39, 0.29) is 34.5 Å². The highest BCUT2D eigenvalue weighted by molar-refractivity contribution is 6.08. The number of aromatic nitrogens is 1. The van der Waals surface area contributed by atoms with Crippen LogP contribution in [0.3, 0.4) is 0 Å². The molecule has 0 saturated heterocycles. The molecule has 2 aromatic carbocycles. The summed E-state index contributed by atoms with van der Waals surface area (Å²) >= 11 is 0. The zero-order valence-electron chi connectivity index (χ0n) is 17.9. The van der Waals surface area contributed by atoms with Gasteiger partial charge in [-0.2, -0.15) is 0 Å². The quantitative estimate of drug-likeness (QED) is 0.576. The number of nitrogens with zero attached hydrogens (tertiary/aromatic N) is 3. The molecule has 2 heterocycles. The fraction of sp³-hybridized carbons (Fsp3) is 0.120. The molecule has 0 atom stereocenters. The molecule has 1 aromatic heterocycles. The maximum atomic E-state index is 15.0. The fourth-order valence-corrected chi connectivity index (χ4v) is 3.71. The van der Waals surface area contributed by atoms with E-state index in [2.05, 4.69) is 11.6 Å². The summed E-state index contributed by atoms with van der Waals surface area (Å²) in [6.07, 6.45) is 2.78. The van der Waals surface area contributed by atoms with Gasteiger partial charge in [0.25, 0.3) is 0 Å². The van der Waals surface area contributed by atoms with Gasteiger partial charge in [0.15, 0.2) is 0 Å². The molecular weight excluding hydrogens is 431 g/mol. The van der Waals surface area contributed by atoms with E-state index in [4.69, 9.17) is 0 Å².